The van der Waals surface area contributed by atoms with Gasteiger partial charge in [-0.2, -0.15) is 0 Å². The molecule has 5 rings (SSSR count). The van der Waals surface area contributed by atoms with Crippen molar-refractivity contribution in [3.63, 3.8) is 0 Å². The number of hydrogen-bond acceptors (Lipinski definition) is 3. The maximum absolute atomic E-state index is 13.2. The van der Waals surface area contributed by atoms with Crippen molar-refractivity contribution in [1.29, 1.82) is 0 Å². The zero-order chi connectivity index (χ0) is 22.6. The third kappa shape index (κ3) is 5.07. The monoisotopic (exact) mass is 455 g/mol. The third-order valence-electron chi connectivity index (χ3n) is 6.46. The molecular weight excluding hydrogens is 430 g/mol. The average molecular weight is 456 g/mol. The van der Waals surface area contributed by atoms with Crippen LogP contribution in [0.5, 0.6) is 0 Å². The van der Waals surface area contributed by atoms with Crippen molar-refractivity contribution in [3.8, 4) is 11.1 Å². The van der Waals surface area contributed by atoms with Crippen molar-refractivity contribution in [2.45, 2.75) is 44.6 Å². The summed E-state index contributed by atoms with van der Waals surface area (Å²) in [7, 11) is 0. The van der Waals surface area contributed by atoms with E-state index < -0.39 is 0 Å². The quantitative estimate of drug-likeness (QED) is 0.355. The SMILES string of the molecule is O=C(NCc1ccc2nccnc2c1)c1cc(-c2ccc(Cl)cc2)cc(C2CCCCC2)c1. The average Bonchev–Trinajstić information content (AvgIpc) is 2.88. The highest BCUT2D eigenvalue weighted by Crippen LogP contribution is 2.35. The van der Waals surface area contributed by atoms with Gasteiger partial charge in [0.25, 0.3) is 5.91 Å². The van der Waals surface area contributed by atoms with Gasteiger partial charge in [-0.15, -0.1) is 0 Å². The summed E-state index contributed by atoms with van der Waals surface area (Å²) in [4.78, 5) is 21.9. The standard InChI is InChI=1S/C28H26ClN3O/c29-25-9-7-21(8-10-25)23-15-22(20-4-2-1-3-5-20)16-24(17-23)28(33)32-18-19-6-11-26-27(14-19)31-13-12-30-26/h6-17,20H,1-5,18H2,(H,32,33). The first-order valence-corrected chi connectivity index (χ1v) is 11.9. The molecule has 1 amide bonds. The number of benzene rings is 3. The van der Waals surface area contributed by atoms with Crippen LogP contribution in [0.15, 0.2) is 73.1 Å². The Morgan fingerprint density at radius 2 is 1.61 bits per heavy atom. The molecule has 1 aliphatic rings. The Morgan fingerprint density at radius 3 is 2.39 bits per heavy atom. The molecule has 0 radical (unpaired) electrons. The fourth-order valence-corrected chi connectivity index (χ4v) is 4.79. The predicted molar refractivity (Wildman–Crippen MR) is 133 cm³/mol. The molecule has 1 fully saturated rings. The van der Waals surface area contributed by atoms with Crippen LogP contribution in [0.2, 0.25) is 5.02 Å². The van der Waals surface area contributed by atoms with Crippen molar-refractivity contribution in [1.82, 2.24) is 15.3 Å². The molecule has 1 aliphatic carbocycles. The van der Waals surface area contributed by atoms with E-state index in [9.17, 15) is 4.79 Å². The zero-order valence-electron chi connectivity index (χ0n) is 18.4. The Balaban J connectivity index is 1.41. The van der Waals surface area contributed by atoms with Crippen LogP contribution in [0.25, 0.3) is 22.2 Å². The highest BCUT2D eigenvalue weighted by molar-refractivity contribution is 6.30. The molecule has 4 aromatic rings. The number of nitrogens with one attached hydrogen (secondary N) is 1. The largest absolute Gasteiger partial charge is 0.348 e. The highest BCUT2D eigenvalue weighted by atomic mass is 35.5. The second kappa shape index (κ2) is 9.72. The minimum absolute atomic E-state index is 0.0675. The van der Waals surface area contributed by atoms with Crippen LogP contribution < -0.4 is 5.32 Å². The van der Waals surface area contributed by atoms with Gasteiger partial charge in [0.2, 0.25) is 0 Å². The summed E-state index contributed by atoms with van der Waals surface area (Å²) < 4.78 is 0. The van der Waals surface area contributed by atoms with Crippen molar-refractivity contribution in [2.75, 3.05) is 0 Å². The predicted octanol–water partition coefficient (Wildman–Crippen LogP) is 6.93. The van der Waals surface area contributed by atoms with Crippen LogP contribution in [0.4, 0.5) is 0 Å². The molecule has 1 aromatic heterocycles. The van der Waals surface area contributed by atoms with E-state index in [4.69, 9.17) is 11.6 Å². The molecule has 1 saturated carbocycles. The summed E-state index contributed by atoms with van der Waals surface area (Å²) in [5, 5.41) is 3.80. The van der Waals surface area contributed by atoms with Gasteiger partial charge < -0.3 is 5.32 Å². The first kappa shape index (κ1) is 21.6. The first-order chi connectivity index (χ1) is 16.2. The molecule has 1 heterocycles. The maximum atomic E-state index is 13.2. The Hall–Kier alpha value is -3.24. The molecule has 33 heavy (non-hydrogen) atoms. The minimum atomic E-state index is -0.0675. The highest BCUT2D eigenvalue weighted by Gasteiger charge is 2.19. The fourth-order valence-electron chi connectivity index (χ4n) is 4.67. The Kier molecular flexibility index (Phi) is 6.36. The number of rotatable bonds is 5. The molecular formula is C28H26ClN3O. The Bertz CT molecular complexity index is 1280. The summed E-state index contributed by atoms with van der Waals surface area (Å²) in [6.45, 7) is 0.440. The number of halogens is 1. The van der Waals surface area contributed by atoms with Gasteiger partial charge in [-0.05, 0) is 77.4 Å². The molecule has 4 nitrogen and oxygen atoms in total. The number of amides is 1. The van der Waals surface area contributed by atoms with Crippen LogP contribution >= 0.6 is 11.6 Å². The van der Waals surface area contributed by atoms with Gasteiger partial charge in [-0.1, -0.05) is 55.1 Å². The van der Waals surface area contributed by atoms with Gasteiger partial charge in [-0.25, -0.2) is 0 Å². The van der Waals surface area contributed by atoms with Crippen LogP contribution in [0.3, 0.4) is 0 Å². The number of fused-ring (bicyclic) bond motifs is 1. The lowest BCUT2D eigenvalue weighted by molar-refractivity contribution is 0.0951. The normalized spacial score (nSPS) is 14.3. The lowest BCUT2D eigenvalue weighted by Crippen LogP contribution is -2.23. The van der Waals surface area contributed by atoms with Crippen LogP contribution in [0, 0.1) is 0 Å². The Morgan fingerprint density at radius 1 is 0.848 bits per heavy atom. The zero-order valence-corrected chi connectivity index (χ0v) is 19.2. The summed E-state index contributed by atoms with van der Waals surface area (Å²) in [6.07, 6.45) is 9.54. The number of aromatic nitrogens is 2. The molecule has 3 aromatic carbocycles. The molecule has 5 heteroatoms. The van der Waals surface area contributed by atoms with Crippen LogP contribution in [0.1, 0.15) is 59.5 Å². The van der Waals surface area contributed by atoms with Gasteiger partial charge >= 0.3 is 0 Å². The smallest absolute Gasteiger partial charge is 0.251 e. The van der Waals surface area contributed by atoms with Crippen molar-refractivity contribution in [2.24, 2.45) is 0 Å². The van der Waals surface area contributed by atoms with Gasteiger partial charge in [0.15, 0.2) is 0 Å². The molecule has 0 unspecified atom stereocenters. The van der Waals surface area contributed by atoms with E-state index >= 15 is 0 Å². The summed E-state index contributed by atoms with van der Waals surface area (Å²) >= 11 is 6.10. The van der Waals surface area contributed by atoms with Crippen molar-refractivity contribution >= 4 is 28.5 Å². The van der Waals surface area contributed by atoms with E-state index in [0.717, 1.165) is 27.7 Å². The van der Waals surface area contributed by atoms with Gasteiger partial charge in [0, 0.05) is 29.5 Å². The van der Waals surface area contributed by atoms with Gasteiger partial charge in [0.1, 0.15) is 0 Å². The molecule has 0 bridgehead atoms. The number of carbonyl (C=O) groups is 1. The second-order valence-corrected chi connectivity index (χ2v) is 9.18. The molecule has 0 spiro atoms. The minimum Gasteiger partial charge on any atom is -0.348 e. The van der Waals surface area contributed by atoms with E-state index in [-0.39, 0.29) is 5.91 Å². The van der Waals surface area contributed by atoms with E-state index in [1.807, 2.05) is 48.5 Å². The van der Waals surface area contributed by atoms with Gasteiger partial charge in [0.05, 0.1) is 11.0 Å². The van der Waals surface area contributed by atoms with Crippen LogP contribution in [-0.2, 0) is 6.54 Å². The van der Waals surface area contributed by atoms with E-state index in [0.29, 0.717) is 23.0 Å². The fraction of sp³-hybridized carbons (Fsp3) is 0.250. The molecule has 0 atom stereocenters. The number of hydrogen-bond donors (Lipinski definition) is 1. The van der Waals surface area contributed by atoms with Crippen molar-refractivity contribution in [3.05, 3.63) is 94.8 Å². The lowest BCUT2D eigenvalue weighted by Gasteiger charge is -2.23. The first-order valence-electron chi connectivity index (χ1n) is 11.5. The third-order valence-corrected chi connectivity index (χ3v) is 6.71. The summed E-state index contributed by atoms with van der Waals surface area (Å²) in [5.74, 6) is 0.443. The van der Waals surface area contributed by atoms with Crippen LogP contribution in [-0.4, -0.2) is 15.9 Å². The molecule has 166 valence electrons. The second-order valence-electron chi connectivity index (χ2n) is 8.75. The lowest BCUT2D eigenvalue weighted by atomic mass is 9.82. The Labute approximate surface area is 199 Å². The molecule has 1 N–H and O–H groups in total. The summed E-state index contributed by atoms with van der Waals surface area (Å²) in [6, 6.07) is 20.0. The number of carbonyl (C=O) groups excluding carboxylic acids is 1. The molecule has 0 saturated heterocycles. The summed E-state index contributed by atoms with van der Waals surface area (Å²) in [5.41, 5.74) is 6.75. The number of nitrogens with zero attached hydrogens (tertiary/aromatic N) is 2. The molecule has 0 aliphatic heterocycles. The van der Waals surface area contributed by atoms with E-state index in [2.05, 4.69) is 27.4 Å². The van der Waals surface area contributed by atoms with Gasteiger partial charge in [-0.3, -0.25) is 14.8 Å². The maximum Gasteiger partial charge on any atom is 0.251 e. The topological polar surface area (TPSA) is 54.9 Å². The van der Waals surface area contributed by atoms with E-state index in [1.54, 1.807) is 12.4 Å². The van der Waals surface area contributed by atoms with E-state index in [1.165, 1.54) is 37.7 Å². The van der Waals surface area contributed by atoms with Crippen molar-refractivity contribution < 1.29 is 4.79 Å².